The standard InChI is InChI=1S/C36H40Br2N2O3.C20H24N2O2.C8H8Br2O.2CH4.2BrH/c1-5-24-21-40(22-27-17-28(42-3)7-10-33(27)38)15-13-25(24)18-35(40)36(41)30-12-14-39(20-26-16-23(2)6-9-32(26)37)34-11-8-29(43-4)19-31(30)34;1-3-13-12-22-9-7-14(13)10-19(22)20(23)16-6-8-21-18-5-4-15(24-2)11-17(16)18;1-11-7-2-3-8(10)6(4-7)5-9;;;;/h5-12,14,16-17,19,24-25,35-36,41H,1,13,15,18,20-22H2,2-4H3;3-6,8,11,13-14,19-20,23H,1,7,9-10,12H2,2H3;2-4H,5H2,1H3;2*1H4;2*1H/q+2;;;;;;/p-2/t24-,25?,35?,36+,40?;13-,14?,19?,20+;;;;;/m11...../s1. The molecule has 10 nitrogen and oxygen atoms in total. The molecular weight excluding hydrogens is 1420 g/mol. The maximum absolute atomic E-state index is 12.4. The number of aliphatic hydroxyl groups excluding tert-OH is 2. The Morgan fingerprint density at radius 2 is 1.26 bits per heavy atom. The van der Waals surface area contributed by atoms with Crippen LogP contribution in [0.5, 0.6) is 23.0 Å². The van der Waals surface area contributed by atoms with Gasteiger partial charge in [-0.05, 0) is 140 Å². The normalized spacial score (nSPS) is 22.6. The number of quaternary nitrogens is 1. The lowest BCUT2D eigenvalue weighted by molar-refractivity contribution is -0.985. The van der Waals surface area contributed by atoms with Gasteiger partial charge in [0.15, 0.2) is 12.7 Å². The Bertz CT molecular complexity index is 3280. The smallest absolute Gasteiger partial charge is 0.213 e. The fourth-order valence-corrected chi connectivity index (χ4v) is 14.8. The van der Waals surface area contributed by atoms with Crippen LogP contribution >= 0.6 is 63.7 Å². The van der Waals surface area contributed by atoms with Gasteiger partial charge in [-0.1, -0.05) is 102 Å². The summed E-state index contributed by atoms with van der Waals surface area (Å²) in [5.74, 6) is 5.53. The minimum absolute atomic E-state index is 0. The van der Waals surface area contributed by atoms with E-state index in [2.05, 4.69) is 165 Å². The van der Waals surface area contributed by atoms with Crippen LogP contribution in [0.2, 0.25) is 0 Å². The van der Waals surface area contributed by atoms with Gasteiger partial charge < -0.3 is 67.6 Å². The second-order valence-electron chi connectivity index (χ2n) is 21.4. The Morgan fingerprint density at radius 1 is 0.683 bits per heavy atom. The van der Waals surface area contributed by atoms with Crippen molar-refractivity contribution in [2.75, 3.05) is 54.6 Å². The van der Waals surface area contributed by atoms with Crippen molar-refractivity contribution >= 4 is 85.5 Å². The van der Waals surface area contributed by atoms with Gasteiger partial charge >= 0.3 is 0 Å². The van der Waals surface area contributed by atoms with Gasteiger partial charge in [0.05, 0.1) is 58.5 Å². The lowest BCUT2D eigenvalue weighted by Crippen LogP contribution is -3.00. The minimum Gasteiger partial charge on any atom is -1.00 e. The van der Waals surface area contributed by atoms with Crippen molar-refractivity contribution in [2.24, 2.45) is 23.7 Å². The second-order valence-corrected chi connectivity index (χ2v) is 24.5. The molecule has 0 aliphatic carbocycles. The SMILES string of the molecule is C.C.C=C[C@@H]1CN2CCC1CC2[C@@H](O)c1ccnc2ccc(OC)cc12.C=C[C@@H]1C[N+]2(Cc3cc(OC)ccc3Br)CCC1CC2[C@@H](O)c1cc[n+](Cc2cc(C)ccc2Br)c2ccc(OC)cc12.COc1ccc(Br)c(CBr)c1.[Br-].[Br-]. The molecular formula is C66H80Br6N4O6. The fourth-order valence-electron chi connectivity index (χ4n) is 12.8. The van der Waals surface area contributed by atoms with Crippen molar-refractivity contribution < 1.29 is 72.2 Å². The molecule has 6 aliphatic rings. The molecule has 0 spiro atoms. The molecule has 6 saturated heterocycles. The fraction of sp³-hybridized carbons (Fsp3) is 0.394. The van der Waals surface area contributed by atoms with Crippen molar-refractivity contribution in [2.45, 2.75) is 90.2 Å². The van der Waals surface area contributed by atoms with Crippen LogP contribution < -0.4 is 57.5 Å². The van der Waals surface area contributed by atoms with Crippen LogP contribution in [0.4, 0.5) is 0 Å². The summed E-state index contributed by atoms with van der Waals surface area (Å²) >= 11 is 14.4. The number of hydrogen-bond donors (Lipinski definition) is 2. The van der Waals surface area contributed by atoms with E-state index in [9.17, 15) is 10.2 Å². The van der Waals surface area contributed by atoms with Crippen LogP contribution in [0.25, 0.3) is 21.8 Å². The molecule has 442 valence electrons. The zero-order valence-corrected chi connectivity index (χ0v) is 55.5. The van der Waals surface area contributed by atoms with E-state index in [-0.39, 0.29) is 60.9 Å². The maximum Gasteiger partial charge on any atom is 0.213 e. The van der Waals surface area contributed by atoms with E-state index in [1.54, 1.807) is 34.6 Å². The maximum atomic E-state index is 12.4. The third kappa shape index (κ3) is 15.1. The highest BCUT2D eigenvalue weighted by atomic mass is 79.9. The first-order valence-electron chi connectivity index (χ1n) is 26.8. The molecule has 6 aliphatic heterocycles. The van der Waals surface area contributed by atoms with Crippen LogP contribution in [0.1, 0.15) is 86.1 Å². The number of halogens is 6. The number of aliphatic hydroxyl groups is 2. The number of ether oxygens (including phenoxy) is 4. The molecule has 82 heavy (non-hydrogen) atoms. The minimum atomic E-state index is -0.632. The molecule has 8 heterocycles. The van der Waals surface area contributed by atoms with Gasteiger partial charge in [0.2, 0.25) is 5.52 Å². The highest BCUT2D eigenvalue weighted by Gasteiger charge is 2.54. The number of hydrogen-bond acceptors (Lipinski definition) is 8. The summed E-state index contributed by atoms with van der Waals surface area (Å²) in [5, 5.41) is 26.4. The summed E-state index contributed by atoms with van der Waals surface area (Å²) in [6, 6.07) is 34.9. The molecule has 10 atom stereocenters. The van der Waals surface area contributed by atoms with Gasteiger partial charge in [0, 0.05) is 90.5 Å². The van der Waals surface area contributed by atoms with E-state index in [1.165, 1.54) is 28.7 Å². The van der Waals surface area contributed by atoms with Crippen LogP contribution in [0, 0.1) is 30.6 Å². The Balaban J connectivity index is 0.000000265. The van der Waals surface area contributed by atoms with Crippen LogP contribution in [0.3, 0.4) is 0 Å². The molecule has 6 unspecified atom stereocenters. The number of benzene rings is 5. The number of aryl methyl sites for hydroxylation is 1. The zero-order chi connectivity index (χ0) is 55.3. The predicted octanol–water partition coefficient (Wildman–Crippen LogP) is 9.48. The number of fused-ring (bicyclic) bond motifs is 8. The lowest BCUT2D eigenvalue weighted by Gasteiger charge is -2.58. The highest BCUT2D eigenvalue weighted by molar-refractivity contribution is 9.11. The van der Waals surface area contributed by atoms with E-state index in [4.69, 9.17) is 18.9 Å². The van der Waals surface area contributed by atoms with Crippen molar-refractivity contribution in [1.29, 1.82) is 0 Å². The molecule has 2 N–H and O–H groups in total. The quantitative estimate of drug-likeness (QED) is 0.0454. The monoisotopic (exact) mass is 1500 g/mol. The zero-order valence-electron chi connectivity index (χ0n) is 46.0. The molecule has 2 aromatic heterocycles. The summed E-state index contributed by atoms with van der Waals surface area (Å²) in [6.45, 7) is 16.0. The summed E-state index contributed by atoms with van der Waals surface area (Å²) in [7, 11) is 6.74. The van der Waals surface area contributed by atoms with E-state index in [0.717, 1.165) is 138 Å². The molecule has 0 amide bonds. The Labute approximate surface area is 542 Å². The summed E-state index contributed by atoms with van der Waals surface area (Å²) in [5.41, 5.74) is 8.74. The topological polar surface area (TPSA) is 97.4 Å². The molecule has 7 aromatic rings. The van der Waals surface area contributed by atoms with E-state index in [0.29, 0.717) is 23.7 Å². The van der Waals surface area contributed by atoms with Crippen LogP contribution in [-0.2, 0) is 18.4 Å². The molecule has 4 bridgehead atoms. The number of rotatable bonds is 15. The first-order valence-corrected chi connectivity index (χ1v) is 30.3. The molecule has 16 heteroatoms. The second kappa shape index (κ2) is 31.1. The van der Waals surface area contributed by atoms with Crippen molar-refractivity contribution in [3.63, 3.8) is 0 Å². The van der Waals surface area contributed by atoms with Crippen molar-refractivity contribution in [1.82, 2.24) is 9.88 Å². The number of pyridine rings is 2. The molecule has 0 saturated carbocycles. The van der Waals surface area contributed by atoms with Crippen molar-refractivity contribution in [3.8, 4) is 23.0 Å². The van der Waals surface area contributed by atoms with Gasteiger partial charge in [0.25, 0.3) is 0 Å². The largest absolute Gasteiger partial charge is 1.00 e. The van der Waals surface area contributed by atoms with Gasteiger partial charge in [-0.25, -0.2) is 0 Å². The number of nitrogens with zero attached hydrogens (tertiary/aromatic N) is 4. The number of alkyl halides is 1. The van der Waals surface area contributed by atoms with Crippen LogP contribution in [0.15, 0.2) is 154 Å². The van der Waals surface area contributed by atoms with E-state index >= 15 is 0 Å². The van der Waals surface area contributed by atoms with Gasteiger partial charge in [-0.15, -0.1) is 13.2 Å². The van der Waals surface area contributed by atoms with Crippen molar-refractivity contribution in [3.05, 3.63) is 188 Å². The Morgan fingerprint density at radius 3 is 1.89 bits per heavy atom. The highest BCUT2D eigenvalue weighted by Crippen LogP contribution is 2.49. The third-order valence-electron chi connectivity index (χ3n) is 17.1. The Kier molecular flexibility index (Phi) is 26.2. The number of aromatic nitrogens is 2. The Hall–Kier alpha value is -3.68. The van der Waals surface area contributed by atoms with Crippen LogP contribution in [-0.4, -0.2) is 91.3 Å². The van der Waals surface area contributed by atoms with E-state index < -0.39 is 12.2 Å². The third-order valence-corrected chi connectivity index (χ3v) is 20.0. The first kappa shape index (κ1) is 69.1. The lowest BCUT2D eigenvalue weighted by atomic mass is 9.71. The predicted molar refractivity (Wildman–Crippen MR) is 340 cm³/mol. The number of methoxy groups -OCH3 is 4. The molecule has 5 aromatic carbocycles. The first-order chi connectivity index (χ1) is 37.7. The average molecular weight is 1500 g/mol. The number of piperidine rings is 6. The summed E-state index contributed by atoms with van der Waals surface area (Å²) < 4.78 is 28.1. The van der Waals surface area contributed by atoms with Gasteiger partial charge in [0.1, 0.15) is 41.7 Å². The molecule has 0 radical (unpaired) electrons. The summed E-state index contributed by atoms with van der Waals surface area (Å²) in [4.78, 5) is 6.86. The molecule has 6 fully saturated rings. The van der Waals surface area contributed by atoms with Gasteiger partial charge in [-0.3, -0.25) is 9.88 Å². The summed E-state index contributed by atoms with van der Waals surface area (Å²) in [6.07, 6.45) is 11.4. The molecule has 13 rings (SSSR count). The van der Waals surface area contributed by atoms with E-state index in [1.807, 2.05) is 54.6 Å². The van der Waals surface area contributed by atoms with Gasteiger partial charge in [-0.2, -0.15) is 4.57 Å². The average Bonchev–Trinajstić information content (AvgIpc) is 3.66.